The fraction of sp³-hybridized carbons (Fsp3) is 0.476. The van der Waals surface area contributed by atoms with Crippen LogP contribution in [0.15, 0.2) is 23.0 Å². The highest BCUT2D eigenvalue weighted by molar-refractivity contribution is 5.60. The number of aryl methyl sites for hydroxylation is 4. The lowest BCUT2D eigenvalue weighted by molar-refractivity contribution is 0.135. The Labute approximate surface area is 165 Å². The SMILES string of the molecule is Cc1cnc(CN2CCCCC2c2cc(C)nc(-c3c(C)noc3C)n2)cn1. The molecule has 1 unspecified atom stereocenters. The Morgan fingerprint density at radius 2 is 1.89 bits per heavy atom. The van der Waals surface area contributed by atoms with Crippen LogP contribution in [-0.2, 0) is 6.54 Å². The first kappa shape index (κ1) is 18.7. The van der Waals surface area contributed by atoms with Gasteiger partial charge in [-0.3, -0.25) is 14.9 Å². The molecule has 28 heavy (non-hydrogen) atoms. The van der Waals surface area contributed by atoms with Gasteiger partial charge in [0.05, 0.1) is 34.4 Å². The number of nitrogens with zero attached hydrogens (tertiary/aromatic N) is 6. The molecule has 4 rings (SSSR count). The van der Waals surface area contributed by atoms with E-state index >= 15 is 0 Å². The van der Waals surface area contributed by atoms with Crippen molar-refractivity contribution in [3.05, 3.63) is 52.7 Å². The number of likely N-dealkylation sites (tertiary alicyclic amines) is 1. The molecule has 0 amide bonds. The van der Waals surface area contributed by atoms with Crippen molar-refractivity contribution in [2.24, 2.45) is 0 Å². The van der Waals surface area contributed by atoms with Gasteiger partial charge in [0.2, 0.25) is 0 Å². The highest BCUT2D eigenvalue weighted by atomic mass is 16.5. The van der Waals surface area contributed by atoms with Crippen LogP contribution >= 0.6 is 0 Å². The smallest absolute Gasteiger partial charge is 0.165 e. The lowest BCUT2D eigenvalue weighted by Gasteiger charge is -2.35. The van der Waals surface area contributed by atoms with Gasteiger partial charge in [-0.15, -0.1) is 0 Å². The van der Waals surface area contributed by atoms with E-state index < -0.39 is 0 Å². The van der Waals surface area contributed by atoms with Crippen molar-refractivity contribution in [3.8, 4) is 11.4 Å². The second-order valence-electron chi connectivity index (χ2n) is 7.59. The van der Waals surface area contributed by atoms with E-state index in [1.165, 1.54) is 12.8 Å². The molecular weight excluding hydrogens is 352 g/mol. The van der Waals surface area contributed by atoms with Gasteiger partial charge in [0.25, 0.3) is 0 Å². The van der Waals surface area contributed by atoms with E-state index in [1.54, 1.807) is 0 Å². The van der Waals surface area contributed by atoms with Crippen LogP contribution in [0.5, 0.6) is 0 Å². The Kier molecular flexibility index (Phi) is 5.17. The molecule has 0 bridgehead atoms. The van der Waals surface area contributed by atoms with Gasteiger partial charge in [-0.05, 0) is 53.1 Å². The summed E-state index contributed by atoms with van der Waals surface area (Å²) >= 11 is 0. The molecule has 0 radical (unpaired) electrons. The van der Waals surface area contributed by atoms with Gasteiger partial charge in [-0.1, -0.05) is 11.6 Å². The normalized spacial score (nSPS) is 17.8. The minimum Gasteiger partial charge on any atom is -0.361 e. The highest BCUT2D eigenvalue weighted by Crippen LogP contribution is 2.33. The minimum absolute atomic E-state index is 0.248. The van der Waals surface area contributed by atoms with Crippen LogP contribution in [0.25, 0.3) is 11.4 Å². The maximum atomic E-state index is 5.33. The summed E-state index contributed by atoms with van der Waals surface area (Å²) in [5.41, 5.74) is 5.67. The van der Waals surface area contributed by atoms with Crippen molar-refractivity contribution in [1.82, 2.24) is 30.0 Å². The van der Waals surface area contributed by atoms with Crippen LogP contribution < -0.4 is 0 Å². The van der Waals surface area contributed by atoms with E-state index in [-0.39, 0.29) is 6.04 Å². The Morgan fingerprint density at radius 1 is 1.04 bits per heavy atom. The van der Waals surface area contributed by atoms with Crippen molar-refractivity contribution in [2.75, 3.05) is 6.54 Å². The zero-order valence-corrected chi connectivity index (χ0v) is 16.9. The second kappa shape index (κ2) is 7.75. The number of hydrogen-bond acceptors (Lipinski definition) is 7. The molecule has 1 aliphatic heterocycles. The molecule has 0 N–H and O–H groups in total. The van der Waals surface area contributed by atoms with Gasteiger partial charge in [0, 0.05) is 24.6 Å². The fourth-order valence-electron chi connectivity index (χ4n) is 3.90. The molecular formula is C21H26N6O. The van der Waals surface area contributed by atoms with Crippen LogP contribution in [0.1, 0.15) is 59.5 Å². The van der Waals surface area contributed by atoms with E-state index in [0.29, 0.717) is 5.82 Å². The van der Waals surface area contributed by atoms with Crippen LogP contribution in [-0.4, -0.2) is 36.5 Å². The predicted molar refractivity (Wildman–Crippen MR) is 106 cm³/mol. The van der Waals surface area contributed by atoms with Crippen LogP contribution in [0.2, 0.25) is 0 Å². The van der Waals surface area contributed by atoms with E-state index in [9.17, 15) is 0 Å². The zero-order valence-electron chi connectivity index (χ0n) is 16.9. The summed E-state index contributed by atoms with van der Waals surface area (Å²) < 4.78 is 5.33. The largest absolute Gasteiger partial charge is 0.361 e. The number of piperidine rings is 1. The maximum Gasteiger partial charge on any atom is 0.165 e. The summed E-state index contributed by atoms with van der Waals surface area (Å²) in [5.74, 6) is 1.45. The van der Waals surface area contributed by atoms with Crippen molar-refractivity contribution < 1.29 is 4.52 Å². The summed E-state index contributed by atoms with van der Waals surface area (Å²) in [6, 6.07) is 2.35. The molecule has 0 aliphatic carbocycles. The third-order valence-corrected chi connectivity index (χ3v) is 5.29. The quantitative estimate of drug-likeness (QED) is 0.681. The van der Waals surface area contributed by atoms with Gasteiger partial charge >= 0.3 is 0 Å². The van der Waals surface area contributed by atoms with E-state index in [2.05, 4.69) is 31.1 Å². The first-order valence-electron chi connectivity index (χ1n) is 9.81. The predicted octanol–water partition coefficient (Wildman–Crippen LogP) is 3.88. The summed E-state index contributed by atoms with van der Waals surface area (Å²) in [4.78, 5) is 21.0. The Hall–Kier alpha value is -2.67. The first-order chi connectivity index (χ1) is 13.5. The molecule has 1 saturated heterocycles. The van der Waals surface area contributed by atoms with Gasteiger partial charge in [0.1, 0.15) is 5.76 Å². The number of hydrogen-bond donors (Lipinski definition) is 0. The lowest BCUT2D eigenvalue weighted by atomic mass is 9.98. The van der Waals surface area contributed by atoms with E-state index in [1.807, 2.05) is 40.1 Å². The maximum absolute atomic E-state index is 5.33. The third-order valence-electron chi connectivity index (χ3n) is 5.29. The molecule has 1 aliphatic rings. The topological polar surface area (TPSA) is 80.8 Å². The van der Waals surface area contributed by atoms with Gasteiger partial charge in [0.15, 0.2) is 5.82 Å². The summed E-state index contributed by atoms with van der Waals surface area (Å²) in [6.45, 7) is 9.63. The average molecular weight is 378 g/mol. The summed E-state index contributed by atoms with van der Waals surface area (Å²) in [7, 11) is 0. The molecule has 146 valence electrons. The third kappa shape index (κ3) is 3.80. The fourth-order valence-corrected chi connectivity index (χ4v) is 3.90. The minimum atomic E-state index is 0.248. The molecule has 3 aromatic rings. The molecule has 7 nitrogen and oxygen atoms in total. The van der Waals surface area contributed by atoms with Crippen LogP contribution in [0, 0.1) is 27.7 Å². The molecule has 4 heterocycles. The molecule has 3 aromatic heterocycles. The van der Waals surface area contributed by atoms with Gasteiger partial charge in [-0.2, -0.15) is 0 Å². The average Bonchev–Trinajstić information content (AvgIpc) is 3.02. The molecule has 0 aromatic carbocycles. The van der Waals surface area contributed by atoms with Crippen molar-refractivity contribution in [3.63, 3.8) is 0 Å². The number of rotatable bonds is 4. The van der Waals surface area contributed by atoms with Crippen molar-refractivity contribution in [1.29, 1.82) is 0 Å². The molecule has 0 spiro atoms. The second-order valence-corrected chi connectivity index (χ2v) is 7.59. The van der Waals surface area contributed by atoms with Crippen LogP contribution in [0.4, 0.5) is 0 Å². The highest BCUT2D eigenvalue weighted by Gasteiger charge is 2.27. The lowest BCUT2D eigenvalue weighted by Crippen LogP contribution is -2.34. The van der Waals surface area contributed by atoms with Crippen LogP contribution in [0.3, 0.4) is 0 Å². The molecule has 1 fully saturated rings. The molecule has 1 atom stereocenters. The standard InChI is InChI=1S/C21H26N6O/c1-13-9-18(25-21(24-13)20-15(3)26-28-16(20)4)19-7-5-6-8-27(19)12-17-11-22-14(2)10-23-17/h9-11,19H,5-8,12H2,1-4H3. The summed E-state index contributed by atoms with van der Waals surface area (Å²) in [6.07, 6.45) is 7.18. The zero-order chi connectivity index (χ0) is 19.7. The summed E-state index contributed by atoms with van der Waals surface area (Å²) in [5, 5.41) is 4.06. The van der Waals surface area contributed by atoms with Gasteiger partial charge < -0.3 is 4.52 Å². The van der Waals surface area contributed by atoms with Crippen molar-refractivity contribution in [2.45, 2.75) is 59.5 Å². The monoisotopic (exact) mass is 378 g/mol. The van der Waals surface area contributed by atoms with Crippen molar-refractivity contribution >= 4 is 0 Å². The Bertz CT molecular complexity index is 946. The Morgan fingerprint density at radius 3 is 2.61 bits per heavy atom. The number of aromatic nitrogens is 5. The Balaban J connectivity index is 1.66. The first-order valence-corrected chi connectivity index (χ1v) is 9.81. The molecule has 0 saturated carbocycles. The van der Waals surface area contributed by atoms with Gasteiger partial charge in [-0.25, -0.2) is 9.97 Å². The van der Waals surface area contributed by atoms with E-state index in [0.717, 1.165) is 59.3 Å². The molecule has 7 heteroatoms. The van der Waals surface area contributed by atoms with E-state index in [4.69, 9.17) is 9.51 Å².